The molecule has 2 amide bonds. The van der Waals surface area contributed by atoms with Crippen molar-refractivity contribution < 1.29 is 49.1 Å². The quantitative estimate of drug-likeness (QED) is 0.0509. The van der Waals surface area contributed by atoms with E-state index in [2.05, 4.69) is 13.8 Å². The van der Waals surface area contributed by atoms with Gasteiger partial charge < -0.3 is 40.5 Å². The van der Waals surface area contributed by atoms with Crippen molar-refractivity contribution in [3.8, 4) is 23.0 Å². The number of hydrogen-bond acceptors (Lipinski definition) is 12. The Balaban J connectivity index is 1.67. The molecule has 0 aliphatic heterocycles. The molecule has 0 spiro atoms. The number of amides is 2. The van der Waals surface area contributed by atoms with E-state index < -0.39 is 67.9 Å². The molecular weight excluding hydrogens is 717 g/mol. The number of carboxylic acid groups (broad SMARTS) is 2. The predicted molar refractivity (Wildman–Crippen MR) is 196 cm³/mol. The lowest BCUT2D eigenvalue weighted by Gasteiger charge is -2.30. The van der Waals surface area contributed by atoms with E-state index in [9.17, 15) is 49.2 Å². The fraction of sp³-hybridized carbons (Fsp3) is 0.389. The zero-order chi connectivity index (χ0) is 38.0. The van der Waals surface area contributed by atoms with E-state index >= 15 is 0 Å². The Hall–Kier alpha value is -5.22. The molecule has 52 heavy (non-hydrogen) atoms. The number of fused-ring (bicyclic) bond motifs is 2. The highest BCUT2D eigenvalue weighted by molar-refractivity contribution is 7.16. The van der Waals surface area contributed by atoms with Crippen molar-refractivity contribution in [1.82, 2.24) is 10.6 Å². The standard InChI is InChI=1S/C36H40N2O12S2/c1-3-5-7-9-15-49-20-11-13-24-22(17-20)29(41)27(33(45)51-24)31(43)37-36(35(47)48,19-26(39)40)38-32(44)28-30(42)23-18-21(50-16-10-8-6-4-2)12-14-25(23)52-34(28)46/h11-14,17-18,41-42H,3-10,15-16,19H2,1-2H3,(H,37,43)(H,38,44)(H,39,40)(H,47,48). The molecule has 0 atom stereocenters. The lowest BCUT2D eigenvalue weighted by molar-refractivity contribution is -0.152. The second-order valence-corrected chi connectivity index (χ2v) is 14.1. The van der Waals surface area contributed by atoms with Crippen molar-refractivity contribution in [2.24, 2.45) is 0 Å². The van der Waals surface area contributed by atoms with Crippen LogP contribution >= 0.6 is 22.7 Å². The number of carbonyl (C=O) groups is 4. The van der Waals surface area contributed by atoms with Crippen LogP contribution in [-0.4, -0.2) is 63.1 Å². The van der Waals surface area contributed by atoms with Crippen LogP contribution in [0.2, 0.25) is 0 Å². The number of carboxylic acids is 2. The lowest BCUT2D eigenvalue weighted by Crippen LogP contribution is -2.67. The van der Waals surface area contributed by atoms with E-state index in [0.29, 0.717) is 47.4 Å². The summed E-state index contributed by atoms with van der Waals surface area (Å²) >= 11 is 1.12. The van der Waals surface area contributed by atoms with Crippen LogP contribution in [0.5, 0.6) is 23.0 Å². The van der Waals surface area contributed by atoms with Crippen LogP contribution in [0.15, 0.2) is 46.0 Å². The first-order valence-corrected chi connectivity index (χ1v) is 18.4. The van der Waals surface area contributed by atoms with Gasteiger partial charge in [0.15, 0.2) is 0 Å². The van der Waals surface area contributed by atoms with Gasteiger partial charge in [0, 0.05) is 20.2 Å². The molecular formula is C36H40N2O12S2. The summed E-state index contributed by atoms with van der Waals surface area (Å²) in [6.07, 6.45) is 6.13. The van der Waals surface area contributed by atoms with Crippen molar-refractivity contribution in [2.75, 3.05) is 13.2 Å². The van der Waals surface area contributed by atoms with E-state index in [4.69, 9.17) is 9.47 Å². The van der Waals surface area contributed by atoms with Gasteiger partial charge in [-0.2, -0.15) is 0 Å². The summed E-state index contributed by atoms with van der Waals surface area (Å²) in [5.74, 6) is -7.91. The fourth-order valence-corrected chi connectivity index (χ4v) is 7.18. The van der Waals surface area contributed by atoms with Gasteiger partial charge in [-0.3, -0.25) is 24.0 Å². The third-order valence-corrected chi connectivity index (χ3v) is 10.1. The first kappa shape index (κ1) is 39.6. The number of aromatic hydroxyl groups is 2. The first-order chi connectivity index (χ1) is 24.8. The SMILES string of the molecule is CCCCCCOc1ccc2sc(=O)c(C(=O)NC(CC(=O)O)(NC(=O)c3c(O)c4cc(OCCCCCC)ccc4sc3=O)C(=O)O)c(O)c2c1. The number of hydrogen-bond donors (Lipinski definition) is 6. The number of nitrogens with one attached hydrogen (secondary N) is 2. The minimum atomic E-state index is -3.16. The summed E-state index contributed by atoms with van der Waals surface area (Å²) in [5, 5.41) is 45.9. The zero-order valence-electron chi connectivity index (χ0n) is 28.6. The molecule has 0 saturated heterocycles. The number of benzene rings is 2. The molecule has 4 aromatic rings. The number of aliphatic carboxylic acids is 2. The van der Waals surface area contributed by atoms with Crippen molar-refractivity contribution in [1.29, 1.82) is 0 Å². The van der Waals surface area contributed by atoms with Crippen LogP contribution in [-0.2, 0) is 9.59 Å². The molecule has 2 heterocycles. The first-order valence-electron chi connectivity index (χ1n) is 16.8. The summed E-state index contributed by atoms with van der Waals surface area (Å²) < 4.78 is 10.1. The van der Waals surface area contributed by atoms with Crippen LogP contribution in [0.1, 0.15) is 92.4 Å². The second-order valence-electron chi connectivity index (χ2n) is 12.0. The second kappa shape index (κ2) is 17.8. The normalized spacial score (nSPS) is 11.3. The Morgan fingerprint density at radius 1 is 0.673 bits per heavy atom. The number of rotatable bonds is 19. The van der Waals surface area contributed by atoms with Crippen LogP contribution in [0.4, 0.5) is 0 Å². The fourth-order valence-electron chi connectivity index (χ4n) is 5.39. The minimum Gasteiger partial charge on any atom is -0.506 e. The topological polar surface area (TPSA) is 226 Å². The van der Waals surface area contributed by atoms with Crippen LogP contribution in [0.25, 0.3) is 20.2 Å². The Morgan fingerprint density at radius 2 is 1.10 bits per heavy atom. The van der Waals surface area contributed by atoms with E-state index in [1.165, 1.54) is 24.3 Å². The van der Waals surface area contributed by atoms with E-state index in [1.807, 2.05) is 10.6 Å². The van der Waals surface area contributed by atoms with Crippen LogP contribution < -0.4 is 29.6 Å². The number of ether oxygens (including phenoxy) is 2. The monoisotopic (exact) mass is 756 g/mol. The molecule has 2 aromatic heterocycles. The zero-order valence-corrected chi connectivity index (χ0v) is 30.2. The summed E-state index contributed by atoms with van der Waals surface area (Å²) in [6.45, 7) is 4.90. The molecule has 0 aliphatic rings. The van der Waals surface area contributed by atoms with Gasteiger partial charge in [-0.1, -0.05) is 75.0 Å². The molecule has 0 unspecified atom stereocenters. The molecule has 0 aliphatic carbocycles. The average Bonchev–Trinajstić information content (AvgIpc) is 3.08. The highest BCUT2D eigenvalue weighted by atomic mass is 32.1. The van der Waals surface area contributed by atoms with E-state index in [0.717, 1.165) is 51.4 Å². The Morgan fingerprint density at radius 3 is 1.46 bits per heavy atom. The molecule has 4 rings (SSSR count). The molecule has 6 N–H and O–H groups in total. The largest absolute Gasteiger partial charge is 0.506 e. The number of unbranched alkanes of at least 4 members (excludes halogenated alkanes) is 6. The molecule has 0 bridgehead atoms. The highest BCUT2D eigenvalue weighted by Gasteiger charge is 2.46. The van der Waals surface area contributed by atoms with Gasteiger partial charge in [0.1, 0.15) is 34.1 Å². The number of carbonyl (C=O) groups excluding carboxylic acids is 2. The molecule has 14 nitrogen and oxygen atoms in total. The molecule has 278 valence electrons. The molecule has 2 aromatic carbocycles. The third-order valence-electron chi connectivity index (χ3n) is 8.12. The van der Waals surface area contributed by atoms with Gasteiger partial charge in [0.25, 0.3) is 11.8 Å². The van der Waals surface area contributed by atoms with Gasteiger partial charge in [-0.05, 0) is 49.2 Å². The van der Waals surface area contributed by atoms with Gasteiger partial charge in [-0.25, -0.2) is 4.79 Å². The molecule has 0 saturated carbocycles. The van der Waals surface area contributed by atoms with Gasteiger partial charge in [0.2, 0.25) is 15.1 Å². The highest BCUT2D eigenvalue weighted by Crippen LogP contribution is 2.34. The summed E-state index contributed by atoms with van der Waals surface area (Å²) in [7, 11) is 0. The molecule has 16 heteroatoms. The van der Waals surface area contributed by atoms with Crippen molar-refractivity contribution in [2.45, 2.75) is 77.3 Å². The molecule has 0 radical (unpaired) electrons. The van der Waals surface area contributed by atoms with Crippen molar-refractivity contribution in [3.05, 3.63) is 66.6 Å². The van der Waals surface area contributed by atoms with Crippen LogP contribution in [0.3, 0.4) is 0 Å². The van der Waals surface area contributed by atoms with Crippen LogP contribution in [0, 0.1) is 0 Å². The lowest BCUT2D eigenvalue weighted by atomic mass is 10.0. The Labute approximate surface area is 305 Å². The predicted octanol–water partition coefficient (Wildman–Crippen LogP) is 5.58. The maximum atomic E-state index is 13.6. The van der Waals surface area contributed by atoms with E-state index in [1.54, 1.807) is 12.1 Å². The summed E-state index contributed by atoms with van der Waals surface area (Å²) in [4.78, 5) is 77.9. The van der Waals surface area contributed by atoms with E-state index in [-0.39, 0.29) is 20.2 Å². The smallest absolute Gasteiger partial charge is 0.351 e. The third kappa shape index (κ3) is 9.36. The average molecular weight is 757 g/mol. The van der Waals surface area contributed by atoms with Crippen molar-refractivity contribution >= 4 is 66.6 Å². The van der Waals surface area contributed by atoms with Gasteiger partial charge in [-0.15, -0.1) is 0 Å². The van der Waals surface area contributed by atoms with Crippen molar-refractivity contribution in [3.63, 3.8) is 0 Å². The van der Waals surface area contributed by atoms with Gasteiger partial charge in [0.05, 0.1) is 19.6 Å². The Bertz CT molecular complexity index is 1960. The molecule has 0 fully saturated rings. The maximum absolute atomic E-state index is 13.6. The van der Waals surface area contributed by atoms with Gasteiger partial charge >= 0.3 is 11.9 Å². The maximum Gasteiger partial charge on any atom is 0.351 e. The summed E-state index contributed by atoms with van der Waals surface area (Å²) in [5.41, 5.74) is -4.99. The summed E-state index contributed by atoms with van der Waals surface area (Å²) in [6, 6.07) is 9.01. The Kier molecular flexibility index (Phi) is 13.6. The minimum absolute atomic E-state index is 0.0341.